The molecule has 116 valence electrons. The number of benzene rings is 1. The average molecular weight is 319 g/mol. The fourth-order valence-corrected chi connectivity index (χ4v) is 3.13. The Kier molecular flexibility index (Phi) is 4.18. The lowest BCUT2D eigenvalue weighted by atomic mass is 9.97. The molecule has 3 N–H and O–H groups in total. The Hall–Kier alpha value is -1.85. The highest BCUT2D eigenvalue weighted by molar-refractivity contribution is 6.30. The van der Waals surface area contributed by atoms with Crippen molar-refractivity contribution in [2.45, 2.75) is 31.2 Å². The van der Waals surface area contributed by atoms with Crippen LogP contribution in [0.1, 0.15) is 36.0 Å². The van der Waals surface area contributed by atoms with Crippen LogP contribution in [0, 0.1) is 0 Å². The van der Waals surface area contributed by atoms with E-state index >= 15 is 0 Å². The van der Waals surface area contributed by atoms with Crippen LogP contribution in [0.25, 0.3) is 5.69 Å². The number of nitrogens with zero attached hydrogens (tertiary/aromatic N) is 2. The van der Waals surface area contributed by atoms with Crippen LogP contribution in [0.3, 0.4) is 0 Å². The van der Waals surface area contributed by atoms with Gasteiger partial charge < -0.3 is 11.1 Å². The van der Waals surface area contributed by atoms with Gasteiger partial charge in [0.25, 0.3) is 5.91 Å². The number of hydrogen-bond acceptors (Lipinski definition) is 3. The number of amides is 1. The van der Waals surface area contributed by atoms with E-state index in [1.54, 1.807) is 29.2 Å². The Balaban J connectivity index is 1.77. The van der Waals surface area contributed by atoms with E-state index in [0.717, 1.165) is 31.4 Å². The smallest absolute Gasteiger partial charge is 0.254 e. The zero-order valence-corrected chi connectivity index (χ0v) is 13.0. The highest BCUT2D eigenvalue weighted by atomic mass is 35.5. The average Bonchev–Trinajstić information content (AvgIpc) is 3.17. The maximum absolute atomic E-state index is 12.4. The predicted octanol–water partition coefficient (Wildman–Crippen LogP) is 2.53. The van der Waals surface area contributed by atoms with E-state index in [-0.39, 0.29) is 11.4 Å². The molecule has 1 heterocycles. The van der Waals surface area contributed by atoms with Gasteiger partial charge in [-0.1, -0.05) is 30.5 Å². The first kappa shape index (κ1) is 15.1. The van der Waals surface area contributed by atoms with Crippen LogP contribution in [0.5, 0.6) is 0 Å². The Morgan fingerprint density at radius 2 is 2.18 bits per heavy atom. The Bertz CT molecular complexity index is 676. The van der Waals surface area contributed by atoms with Gasteiger partial charge >= 0.3 is 0 Å². The summed E-state index contributed by atoms with van der Waals surface area (Å²) in [5.74, 6) is -0.124. The van der Waals surface area contributed by atoms with Gasteiger partial charge in [-0.15, -0.1) is 0 Å². The highest BCUT2D eigenvalue weighted by Gasteiger charge is 2.34. The molecular formula is C16H19ClN4O. The second-order valence-electron chi connectivity index (χ2n) is 5.80. The van der Waals surface area contributed by atoms with Gasteiger partial charge in [0.15, 0.2) is 0 Å². The summed E-state index contributed by atoms with van der Waals surface area (Å²) in [5.41, 5.74) is 6.95. The second kappa shape index (κ2) is 6.10. The number of aromatic nitrogens is 2. The predicted molar refractivity (Wildman–Crippen MR) is 86.3 cm³/mol. The molecule has 1 aromatic carbocycles. The molecule has 0 bridgehead atoms. The first-order chi connectivity index (χ1) is 10.6. The number of nitrogens with two attached hydrogens (primary N) is 1. The van der Waals surface area contributed by atoms with Crippen molar-refractivity contribution in [2.24, 2.45) is 5.73 Å². The molecule has 1 fully saturated rings. The van der Waals surface area contributed by atoms with Crippen LogP contribution >= 0.6 is 11.6 Å². The molecule has 0 radical (unpaired) electrons. The molecule has 1 aliphatic rings. The topological polar surface area (TPSA) is 72.9 Å². The molecule has 0 atom stereocenters. The normalized spacial score (nSPS) is 16.6. The van der Waals surface area contributed by atoms with Crippen molar-refractivity contribution in [1.29, 1.82) is 0 Å². The molecule has 0 unspecified atom stereocenters. The molecule has 0 saturated heterocycles. The first-order valence-electron chi connectivity index (χ1n) is 7.45. The number of carbonyl (C=O) groups is 1. The van der Waals surface area contributed by atoms with Gasteiger partial charge in [0.2, 0.25) is 0 Å². The molecule has 1 aromatic heterocycles. The first-order valence-corrected chi connectivity index (χ1v) is 7.83. The molecule has 1 aliphatic carbocycles. The van der Waals surface area contributed by atoms with Crippen molar-refractivity contribution in [3.8, 4) is 5.69 Å². The number of carbonyl (C=O) groups excluding carboxylic acids is 1. The van der Waals surface area contributed by atoms with E-state index in [2.05, 4.69) is 10.4 Å². The monoisotopic (exact) mass is 318 g/mol. The molecule has 22 heavy (non-hydrogen) atoms. The largest absolute Gasteiger partial charge is 0.345 e. The van der Waals surface area contributed by atoms with Gasteiger partial charge in [0, 0.05) is 17.8 Å². The summed E-state index contributed by atoms with van der Waals surface area (Å²) in [7, 11) is 0. The molecule has 0 spiro atoms. The van der Waals surface area contributed by atoms with E-state index in [9.17, 15) is 4.79 Å². The third-order valence-electron chi connectivity index (χ3n) is 4.25. The van der Waals surface area contributed by atoms with Crippen LogP contribution in [0.15, 0.2) is 36.7 Å². The van der Waals surface area contributed by atoms with Gasteiger partial charge in [0.05, 0.1) is 23.0 Å². The fourth-order valence-electron chi connectivity index (χ4n) is 2.94. The van der Waals surface area contributed by atoms with E-state index < -0.39 is 0 Å². The zero-order valence-electron chi connectivity index (χ0n) is 12.3. The van der Waals surface area contributed by atoms with Crippen molar-refractivity contribution in [3.63, 3.8) is 0 Å². The minimum absolute atomic E-state index is 0.124. The summed E-state index contributed by atoms with van der Waals surface area (Å²) < 4.78 is 1.64. The van der Waals surface area contributed by atoms with Crippen molar-refractivity contribution >= 4 is 17.5 Å². The van der Waals surface area contributed by atoms with Gasteiger partial charge in [-0.25, -0.2) is 4.68 Å². The van der Waals surface area contributed by atoms with Gasteiger partial charge in [0.1, 0.15) is 0 Å². The third-order valence-corrected chi connectivity index (χ3v) is 4.48. The van der Waals surface area contributed by atoms with Crippen molar-refractivity contribution in [3.05, 3.63) is 47.2 Å². The second-order valence-corrected chi connectivity index (χ2v) is 6.24. The molecule has 6 heteroatoms. The van der Waals surface area contributed by atoms with Crippen molar-refractivity contribution in [1.82, 2.24) is 15.1 Å². The van der Waals surface area contributed by atoms with Gasteiger partial charge in [-0.05, 0) is 31.0 Å². The number of halogens is 1. The minimum atomic E-state index is -0.255. The van der Waals surface area contributed by atoms with E-state index in [1.807, 2.05) is 12.1 Å². The Morgan fingerprint density at radius 3 is 2.86 bits per heavy atom. The Morgan fingerprint density at radius 1 is 1.41 bits per heavy atom. The summed E-state index contributed by atoms with van der Waals surface area (Å²) in [6.45, 7) is 0.473. The quantitative estimate of drug-likeness (QED) is 0.909. The van der Waals surface area contributed by atoms with Crippen LogP contribution in [0.2, 0.25) is 5.02 Å². The van der Waals surface area contributed by atoms with E-state index in [4.69, 9.17) is 17.3 Å². The van der Waals surface area contributed by atoms with Crippen LogP contribution in [-0.2, 0) is 0 Å². The lowest BCUT2D eigenvalue weighted by Gasteiger charge is -2.28. The fraction of sp³-hybridized carbons (Fsp3) is 0.375. The number of nitrogens with one attached hydrogen (secondary N) is 1. The van der Waals surface area contributed by atoms with Crippen LogP contribution in [-0.4, -0.2) is 27.8 Å². The molecule has 3 rings (SSSR count). The number of rotatable bonds is 4. The summed E-state index contributed by atoms with van der Waals surface area (Å²) in [5, 5.41) is 7.96. The van der Waals surface area contributed by atoms with E-state index in [0.29, 0.717) is 17.1 Å². The highest BCUT2D eigenvalue weighted by Crippen LogP contribution is 2.29. The molecule has 0 aliphatic heterocycles. The molecular weight excluding hydrogens is 300 g/mol. The molecule has 1 saturated carbocycles. The minimum Gasteiger partial charge on any atom is -0.345 e. The number of hydrogen-bond donors (Lipinski definition) is 2. The zero-order chi connectivity index (χ0) is 15.6. The molecule has 5 nitrogen and oxygen atoms in total. The maximum atomic E-state index is 12.4. The summed E-state index contributed by atoms with van der Waals surface area (Å²) >= 11 is 5.98. The van der Waals surface area contributed by atoms with E-state index in [1.165, 1.54) is 0 Å². The van der Waals surface area contributed by atoms with Crippen LogP contribution < -0.4 is 11.1 Å². The lowest BCUT2D eigenvalue weighted by molar-refractivity contribution is 0.0903. The van der Waals surface area contributed by atoms with Crippen molar-refractivity contribution in [2.75, 3.05) is 6.54 Å². The summed E-state index contributed by atoms with van der Waals surface area (Å²) in [6, 6.07) is 7.34. The summed E-state index contributed by atoms with van der Waals surface area (Å²) in [6.07, 6.45) is 7.38. The summed E-state index contributed by atoms with van der Waals surface area (Å²) in [4.78, 5) is 12.4. The maximum Gasteiger partial charge on any atom is 0.254 e. The van der Waals surface area contributed by atoms with Gasteiger partial charge in [-0.3, -0.25) is 4.79 Å². The van der Waals surface area contributed by atoms with Crippen LogP contribution in [0.4, 0.5) is 0 Å². The van der Waals surface area contributed by atoms with Crippen molar-refractivity contribution < 1.29 is 4.79 Å². The SMILES string of the molecule is NCC1(NC(=O)c2cnn(-c3cccc(Cl)c3)c2)CCCC1. The molecule has 2 aromatic rings. The molecule has 1 amide bonds. The van der Waals surface area contributed by atoms with Gasteiger partial charge in [-0.2, -0.15) is 5.10 Å². The Labute approximate surface area is 134 Å². The lowest BCUT2D eigenvalue weighted by Crippen LogP contribution is -2.51. The third kappa shape index (κ3) is 3.00. The standard InChI is InChI=1S/C16H19ClN4O/c17-13-4-3-5-14(8-13)21-10-12(9-19-21)15(22)20-16(11-18)6-1-2-7-16/h3-5,8-10H,1-2,6-7,11,18H2,(H,20,22).